The van der Waals surface area contributed by atoms with Gasteiger partial charge in [-0.3, -0.25) is 19.3 Å². The van der Waals surface area contributed by atoms with Crippen LogP contribution in [0.1, 0.15) is 158 Å². The summed E-state index contributed by atoms with van der Waals surface area (Å²) in [6.07, 6.45) is 15.4. The van der Waals surface area contributed by atoms with E-state index >= 15 is 4.79 Å². The van der Waals surface area contributed by atoms with Crippen LogP contribution in [-0.4, -0.2) is 104 Å². The molecule has 2 aliphatic heterocycles. The maximum atomic E-state index is 15.7. The zero-order valence-electron chi connectivity index (χ0n) is 40.1. The molecule has 1 amide bonds. The highest BCUT2D eigenvalue weighted by molar-refractivity contribution is 5.84. The van der Waals surface area contributed by atoms with E-state index in [2.05, 4.69) is 51.3 Å². The lowest BCUT2D eigenvalue weighted by Crippen LogP contribution is -2.68. The first-order valence-corrected chi connectivity index (χ1v) is 25.4. The van der Waals surface area contributed by atoms with Gasteiger partial charge in [-0.15, -0.1) is 0 Å². The van der Waals surface area contributed by atoms with Crippen LogP contribution in [-0.2, 0) is 28.6 Å². The molecule has 350 valence electrons. The number of methoxy groups -OCH3 is 1. The second-order valence-electron chi connectivity index (χ2n) is 25.2. The number of aliphatic carboxylic acids is 1. The number of ether oxygens (including phenoxy) is 3. The molecule has 7 aliphatic carbocycles. The number of esters is 1. The van der Waals surface area contributed by atoms with E-state index in [-0.39, 0.29) is 57.1 Å². The molecule has 0 aromatic carbocycles. The van der Waals surface area contributed by atoms with Crippen LogP contribution in [0.2, 0.25) is 0 Å². The van der Waals surface area contributed by atoms with Crippen molar-refractivity contribution in [1.29, 1.82) is 0 Å². The smallest absolute Gasteiger partial charge is 0.309 e. The predicted molar refractivity (Wildman–Crippen MR) is 237 cm³/mol. The Morgan fingerprint density at radius 2 is 1.48 bits per heavy atom. The van der Waals surface area contributed by atoms with Gasteiger partial charge in [-0.2, -0.15) is 0 Å². The van der Waals surface area contributed by atoms with Crippen molar-refractivity contribution in [3.63, 3.8) is 0 Å². The summed E-state index contributed by atoms with van der Waals surface area (Å²) in [5.41, 5.74) is -0.302. The van der Waals surface area contributed by atoms with Gasteiger partial charge in [0.1, 0.15) is 12.3 Å². The molecule has 0 aromatic heterocycles. The van der Waals surface area contributed by atoms with E-state index in [0.717, 1.165) is 64.5 Å². The van der Waals surface area contributed by atoms with E-state index in [0.29, 0.717) is 80.1 Å². The van der Waals surface area contributed by atoms with Crippen LogP contribution in [0.4, 0.5) is 4.39 Å². The highest BCUT2D eigenvalue weighted by Gasteiger charge is 2.74. The number of carbonyl (C=O) groups is 3. The molecule has 9 aliphatic rings. The zero-order valence-corrected chi connectivity index (χ0v) is 40.1. The fourth-order valence-electron chi connectivity index (χ4n) is 18.0. The van der Waals surface area contributed by atoms with Gasteiger partial charge in [-0.05, 0) is 159 Å². The van der Waals surface area contributed by atoms with Crippen LogP contribution in [0, 0.1) is 79.3 Å². The first-order chi connectivity index (χ1) is 29.2. The van der Waals surface area contributed by atoms with E-state index in [1.165, 1.54) is 38.5 Å². The Kier molecular flexibility index (Phi) is 11.5. The minimum absolute atomic E-state index is 0.0446. The SMILES string of the molecule is COCCOC[C@@H]1C[C@H](F)CN1C[C@@H]1CCCN1C(=O)[C@]12CC[C@@H](C3(C)CC3)[C@@H]1[C@H]1CC[C@@H]3[C@@]4(C)CC[C@H](OC(=O)[C@H]5C[C@@H](C(=O)O)C5(C)C)C(C)(C)[C@@H]4CC[C@@]3(C)[C@]1(C)CC2. The highest BCUT2D eigenvalue weighted by atomic mass is 19.1. The number of nitrogens with zero attached hydrogens (tertiary/aromatic N) is 2. The number of amides is 1. The molecule has 9 fully saturated rings. The van der Waals surface area contributed by atoms with Gasteiger partial charge >= 0.3 is 11.9 Å². The Morgan fingerprint density at radius 1 is 0.726 bits per heavy atom. The summed E-state index contributed by atoms with van der Waals surface area (Å²) in [5, 5.41) is 9.73. The molecule has 9 rings (SSSR count). The Bertz CT molecular complexity index is 1750. The molecule has 2 saturated heterocycles. The van der Waals surface area contributed by atoms with Crippen molar-refractivity contribution in [1.82, 2.24) is 9.80 Å². The van der Waals surface area contributed by atoms with E-state index in [4.69, 9.17) is 14.2 Å². The molecule has 0 radical (unpaired) electrons. The number of alkyl halides is 1. The molecule has 9 nitrogen and oxygen atoms in total. The fourth-order valence-corrected chi connectivity index (χ4v) is 18.0. The first kappa shape index (κ1) is 45.4. The molecule has 0 bridgehead atoms. The number of carboxylic acid groups (broad SMARTS) is 1. The first-order valence-electron chi connectivity index (χ1n) is 25.4. The molecule has 0 unspecified atom stereocenters. The normalized spacial score (nSPS) is 47.4. The van der Waals surface area contributed by atoms with Crippen molar-refractivity contribution in [3.05, 3.63) is 0 Å². The summed E-state index contributed by atoms with van der Waals surface area (Å²) in [4.78, 5) is 45.9. The molecule has 7 saturated carbocycles. The average molecular weight is 867 g/mol. The lowest BCUT2D eigenvalue weighted by Gasteiger charge is -2.73. The van der Waals surface area contributed by atoms with Crippen LogP contribution in [0.25, 0.3) is 0 Å². The van der Waals surface area contributed by atoms with Gasteiger partial charge < -0.3 is 24.2 Å². The monoisotopic (exact) mass is 867 g/mol. The van der Waals surface area contributed by atoms with Crippen molar-refractivity contribution in [2.45, 2.75) is 182 Å². The molecular weight excluding hydrogens is 784 g/mol. The largest absolute Gasteiger partial charge is 0.481 e. The summed E-state index contributed by atoms with van der Waals surface area (Å²) >= 11 is 0. The van der Waals surface area contributed by atoms with Gasteiger partial charge in [0.25, 0.3) is 0 Å². The Hall–Kier alpha value is -1.78. The maximum absolute atomic E-state index is 15.7. The summed E-state index contributed by atoms with van der Waals surface area (Å²) in [7, 11) is 1.67. The minimum Gasteiger partial charge on any atom is -0.481 e. The third-order valence-electron chi connectivity index (χ3n) is 22.1. The summed E-state index contributed by atoms with van der Waals surface area (Å²) in [6, 6.07) is 0.180. The summed E-state index contributed by atoms with van der Waals surface area (Å²) < 4.78 is 32.6. The van der Waals surface area contributed by atoms with Crippen LogP contribution in [0.5, 0.6) is 0 Å². The van der Waals surface area contributed by atoms with E-state index in [9.17, 15) is 19.1 Å². The fraction of sp³-hybridized carbons (Fsp3) is 0.942. The summed E-state index contributed by atoms with van der Waals surface area (Å²) in [6.45, 7) is 22.6. The second kappa shape index (κ2) is 15.7. The minimum atomic E-state index is -0.849. The Labute approximate surface area is 373 Å². The van der Waals surface area contributed by atoms with Gasteiger partial charge in [0, 0.05) is 44.2 Å². The molecule has 10 heteroatoms. The van der Waals surface area contributed by atoms with Crippen LogP contribution >= 0.6 is 0 Å². The number of carbonyl (C=O) groups excluding carboxylic acids is 2. The topological polar surface area (TPSA) is 106 Å². The Morgan fingerprint density at radius 3 is 2.18 bits per heavy atom. The highest BCUT2D eigenvalue weighted by Crippen LogP contribution is 2.79. The van der Waals surface area contributed by atoms with Gasteiger partial charge in [0.15, 0.2) is 0 Å². The van der Waals surface area contributed by atoms with Gasteiger partial charge in [0.2, 0.25) is 5.91 Å². The number of hydrogen-bond donors (Lipinski definition) is 1. The lowest BCUT2D eigenvalue weighted by atomic mass is 9.32. The number of fused-ring (bicyclic) bond motifs is 7. The lowest BCUT2D eigenvalue weighted by molar-refractivity contribution is -0.253. The third-order valence-corrected chi connectivity index (χ3v) is 22.1. The van der Waals surface area contributed by atoms with Crippen LogP contribution < -0.4 is 0 Å². The van der Waals surface area contributed by atoms with Crippen LogP contribution in [0.3, 0.4) is 0 Å². The predicted octanol–water partition coefficient (Wildman–Crippen LogP) is 9.59. The van der Waals surface area contributed by atoms with Crippen molar-refractivity contribution in [2.75, 3.05) is 46.6 Å². The standard InChI is InChI=1S/C52H83FN2O7/c1-46(2)37(43(56)57)28-38(46)44(58)62-41-16-17-49(6)39(47(41,3)4)15-18-51(8)40(49)13-12-36-42-35(48(5)20-21-48)14-19-52(42,23-22-50(36,51)7)45(59)55-24-10-11-33(55)30-54-29-32(53)27-34(54)31-61-26-25-60-9/h32-42H,10-31H2,1-9H3,(H,56,57)/t32-,33-,34-,35+,36+,37-,38+,39-,40+,41-,42+,49-,50+,51+,52-/m0/s1. The number of likely N-dealkylation sites (tertiary alicyclic amines) is 2. The van der Waals surface area contributed by atoms with E-state index in [1.54, 1.807) is 7.11 Å². The number of halogens is 1. The van der Waals surface area contributed by atoms with Gasteiger partial charge in [-0.1, -0.05) is 55.4 Å². The van der Waals surface area contributed by atoms with Gasteiger partial charge in [0.05, 0.1) is 37.1 Å². The van der Waals surface area contributed by atoms with Gasteiger partial charge in [-0.25, -0.2) is 4.39 Å². The molecule has 0 spiro atoms. The quantitative estimate of drug-likeness (QED) is 0.153. The number of carboxylic acids is 1. The van der Waals surface area contributed by atoms with Crippen LogP contribution in [0.15, 0.2) is 0 Å². The van der Waals surface area contributed by atoms with Crippen molar-refractivity contribution in [2.24, 2.45) is 79.3 Å². The molecule has 2 heterocycles. The number of hydrogen-bond acceptors (Lipinski definition) is 7. The van der Waals surface area contributed by atoms with E-state index < -0.39 is 23.5 Å². The zero-order chi connectivity index (χ0) is 44.4. The molecule has 62 heavy (non-hydrogen) atoms. The third kappa shape index (κ3) is 6.74. The van der Waals surface area contributed by atoms with E-state index in [1.807, 2.05) is 13.8 Å². The Balaban J connectivity index is 0.941. The van der Waals surface area contributed by atoms with Crippen molar-refractivity contribution < 1.29 is 38.1 Å². The average Bonchev–Trinajstić information content (AvgIpc) is 3.49. The molecule has 0 aromatic rings. The van der Waals surface area contributed by atoms with Crippen molar-refractivity contribution >= 4 is 17.8 Å². The second-order valence-corrected chi connectivity index (χ2v) is 25.2. The molecule has 1 N–H and O–H groups in total. The number of rotatable bonds is 12. The summed E-state index contributed by atoms with van der Waals surface area (Å²) in [5.74, 6) is 1.11. The molecular formula is C52H83FN2O7. The van der Waals surface area contributed by atoms with Crippen molar-refractivity contribution in [3.8, 4) is 0 Å². The maximum Gasteiger partial charge on any atom is 0.309 e. The molecule has 15 atom stereocenters.